The lowest BCUT2D eigenvalue weighted by Gasteiger charge is -1.97. The molecular formula is C11H5NO3S. The van der Waals surface area contributed by atoms with Gasteiger partial charge in [-0.05, 0) is 17.5 Å². The Hall–Kier alpha value is -2.01. The molecule has 1 aliphatic rings. The largest absolute Gasteiger partial charge is 0.384 e. The predicted octanol–water partition coefficient (Wildman–Crippen LogP) is 2.12. The van der Waals surface area contributed by atoms with Gasteiger partial charge in [0.15, 0.2) is 5.69 Å². The van der Waals surface area contributed by atoms with Crippen molar-refractivity contribution in [3.8, 4) is 10.4 Å². The number of fused-ring (bicyclic) bond motifs is 1. The highest BCUT2D eigenvalue weighted by molar-refractivity contribution is 7.13. The molecule has 3 rings (SSSR count). The third kappa shape index (κ3) is 1.25. The minimum atomic E-state index is -0.669. The number of ether oxygens (including phenoxy) is 1. The number of esters is 2. The van der Waals surface area contributed by atoms with Gasteiger partial charge in [0.25, 0.3) is 0 Å². The van der Waals surface area contributed by atoms with Gasteiger partial charge >= 0.3 is 11.9 Å². The topological polar surface area (TPSA) is 56.3 Å². The number of cyclic esters (lactones) is 2. The summed E-state index contributed by atoms with van der Waals surface area (Å²) in [5.74, 6) is -1.29. The Morgan fingerprint density at radius 3 is 2.88 bits per heavy atom. The number of hydrogen-bond acceptors (Lipinski definition) is 5. The van der Waals surface area contributed by atoms with E-state index in [9.17, 15) is 9.59 Å². The van der Waals surface area contributed by atoms with Crippen LogP contribution in [0.15, 0.2) is 29.8 Å². The molecule has 3 heterocycles. The second-order valence-electron chi connectivity index (χ2n) is 3.27. The van der Waals surface area contributed by atoms with E-state index in [1.54, 1.807) is 23.6 Å². The van der Waals surface area contributed by atoms with Crippen molar-refractivity contribution < 1.29 is 14.3 Å². The average molecular weight is 231 g/mol. The van der Waals surface area contributed by atoms with E-state index in [4.69, 9.17) is 0 Å². The minimum Gasteiger partial charge on any atom is -0.384 e. The summed E-state index contributed by atoms with van der Waals surface area (Å²) >= 11 is 1.55. The molecule has 0 fully saturated rings. The van der Waals surface area contributed by atoms with Crippen LogP contribution in [0, 0.1) is 0 Å². The van der Waals surface area contributed by atoms with Crippen molar-refractivity contribution in [3.05, 3.63) is 41.0 Å². The van der Waals surface area contributed by atoms with Gasteiger partial charge in [-0.15, -0.1) is 11.3 Å². The van der Waals surface area contributed by atoms with Crippen LogP contribution in [0.1, 0.15) is 20.8 Å². The van der Waals surface area contributed by atoms with E-state index in [0.29, 0.717) is 0 Å². The molecule has 0 saturated heterocycles. The number of rotatable bonds is 1. The Morgan fingerprint density at radius 1 is 1.25 bits per heavy atom. The van der Waals surface area contributed by atoms with Crippen molar-refractivity contribution in [3.63, 3.8) is 0 Å². The highest BCUT2D eigenvalue weighted by Crippen LogP contribution is 2.27. The highest BCUT2D eigenvalue weighted by atomic mass is 32.1. The van der Waals surface area contributed by atoms with Crippen LogP contribution in [0.5, 0.6) is 0 Å². The number of aromatic nitrogens is 1. The maximum Gasteiger partial charge on any atom is 0.365 e. The van der Waals surface area contributed by atoms with Gasteiger partial charge in [0.2, 0.25) is 0 Å². The number of pyridine rings is 1. The van der Waals surface area contributed by atoms with Gasteiger partial charge < -0.3 is 4.74 Å². The summed E-state index contributed by atoms with van der Waals surface area (Å²) in [6.45, 7) is 0. The number of hydrogen-bond donors (Lipinski definition) is 0. The zero-order valence-electron chi connectivity index (χ0n) is 7.97. The lowest BCUT2D eigenvalue weighted by atomic mass is 10.1. The lowest BCUT2D eigenvalue weighted by molar-refractivity contribution is 0.0441. The van der Waals surface area contributed by atoms with Crippen LogP contribution in [0.4, 0.5) is 0 Å². The van der Waals surface area contributed by atoms with Crippen LogP contribution in [0.2, 0.25) is 0 Å². The second kappa shape index (κ2) is 3.24. The fraction of sp³-hybridized carbons (Fsp3) is 0. The average Bonchev–Trinajstić information content (AvgIpc) is 2.88. The summed E-state index contributed by atoms with van der Waals surface area (Å²) in [6, 6.07) is 5.48. The fourth-order valence-electron chi connectivity index (χ4n) is 1.55. The van der Waals surface area contributed by atoms with Crippen LogP contribution >= 0.6 is 11.3 Å². The van der Waals surface area contributed by atoms with Crippen LogP contribution in [0.25, 0.3) is 10.4 Å². The molecule has 0 atom stereocenters. The van der Waals surface area contributed by atoms with E-state index >= 15 is 0 Å². The standard InChI is InChI=1S/C11H5NO3S/c13-10-7-4-6(8-2-1-3-16-8)5-12-9(7)11(14)15-10/h1-5H. The van der Waals surface area contributed by atoms with E-state index in [2.05, 4.69) is 9.72 Å². The van der Waals surface area contributed by atoms with Gasteiger partial charge in [-0.2, -0.15) is 0 Å². The molecule has 0 bridgehead atoms. The molecule has 0 amide bonds. The van der Waals surface area contributed by atoms with E-state index in [1.165, 1.54) is 0 Å². The predicted molar refractivity (Wildman–Crippen MR) is 57.3 cm³/mol. The molecule has 5 heteroatoms. The number of carbonyl (C=O) groups is 2. The van der Waals surface area contributed by atoms with Gasteiger partial charge in [-0.3, -0.25) is 0 Å². The molecule has 16 heavy (non-hydrogen) atoms. The van der Waals surface area contributed by atoms with E-state index < -0.39 is 11.9 Å². The summed E-state index contributed by atoms with van der Waals surface area (Å²) in [7, 11) is 0. The van der Waals surface area contributed by atoms with Crippen molar-refractivity contribution in [1.29, 1.82) is 0 Å². The number of thiophene rings is 1. The Morgan fingerprint density at radius 2 is 2.12 bits per heavy atom. The van der Waals surface area contributed by atoms with Crippen LogP contribution in [0.3, 0.4) is 0 Å². The first-order valence-corrected chi connectivity index (χ1v) is 5.44. The number of nitrogens with zero attached hydrogens (tertiary/aromatic N) is 1. The summed E-state index contributed by atoms with van der Waals surface area (Å²) in [4.78, 5) is 27.4. The Balaban J connectivity index is 2.17. The molecule has 2 aromatic heterocycles. The molecular weight excluding hydrogens is 226 g/mol. The molecule has 0 unspecified atom stereocenters. The smallest absolute Gasteiger partial charge is 0.365 e. The van der Waals surface area contributed by atoms with Gasteiger partial charge in [0.1, 0.15) is 0 Å². The first-order valence-electron chi connectivity index (χ1n) is 4.56. The van der Waals surface area contributed by atoms with Crippen LogP contribution in [-0.2, 0) is 4.74 Å². The number of carbonyl (C=O) groups excluding carboxylic acids is 2. The molecule has 2 aromatic rings. The van der Waals surface area contributed by atoms with Crippen LogP contribution < -0.4 is 0 Å². The first kappa shape index (κ1) is 9.23. The zero-order valence-corrected chi connectivity index (χ0v) is 8.78. The van der Waals surface area contributed by atoms with Crippen molar-refractivity contribution in [2.75, 3.05) is 0 Å². The van der Waals surface area contributed by atoms with Gasteiger partial charge in [0, 0.05) is 16.6 Å². The molecule has 0 N–H and O–H groups in total. The van der Waals surface area contributed by atoms with Gasteiger partial charge in [-0.25, -0.2) is 14.6 Å². The lowest BCUT2D eigenvalue weighted by Crippen LogP contribution is -1.97. The molecule has 78 valence electrons. The Kier molecular flexibility index (Phi) is 1.87. The summed E-state index contributed by atoms with van der Waals surface area (Å²) in [5.41, 5.74) is 1.17. The quantitative estimate of drug-likeness (QED) is 0.557. The molecule has 1 aliphatic heterocycles. The van der Waals surface area contributed by atoms with Crippen molar-refractivity contribution in [2.45, 2.75) is 0 Å². The van der Waals surface area contributed by atoms with Gasteiger partial charge in [-0.1, -0.05) is 6.07 Å². The van der Waals surface area contributed by atoms with Crippen molar-refractivity contribution in [2.24, 2.45) is 0 Å². The molecule has 0 saturated carbocycles. The summed E-state index contributed by atoms with van der Waals surface area (Å²) < 4.78 is 4.47. The maximum atomic E-state index is 11.3. The van der Waals surface area contributed by atoms with E-state index in [0.717, 1.165) is 10.4 Å². The first-order chi connectivity index (χ1) is 7.75. The van der Waals surface area contributed by atoms with Crippen molar-refractivity contribution in [1.82, 2.24) is 4.98 Å². The third-order valence-electron chi connectivity index (χ3n) is 2.29. The monoisotopic (exact) mass is 231 g/mol. The Labute approximate surface area is 94.5 Å². The van der Waals surface area contributed by atoms with Gasteiger partial charge in [0.05, 0.1) is 5.56 Å². The zero-order chi connectivity index (χ0) is 11.1. The molecule has 0 radical (unpaired) electrons. The molecule has 4 nitrogen and oxygen atoms in total. The second-order valence-corrected chi connectivity index (χ2v) is 4.22. The Bertz CT molecular complexity index is 589. The normalized spacial score (nSPS) is 13.8. The minimum absolute atomic E-state index is 0.102. The van der Waals surface area contributed by atoms with E-state index in [-0.39, 0.29) is 11.3 Å². The SMILES string of the molecule is O=C1OC(=O)c2ncc(-c3cccs3)cc21. The summed E-state index contributed by atoms with van der Waals surface area (Å²) in [6.07, 6.45) is 1.57. The van der Waals surface area contributed by atoms with Crippen molar-refractivity contribution >= 4 is 23.3 Å². The third-order valence-corrected chi connectivity index (χ3v) is 3.21. The molecule has 0 aromatic carbocycles. The van der Waals surface area contributed by atoms with Crippen LogP contribution in [-0.4, -0.2) is 16.9 Å². The highest BCUT2D eigenvalue weighted by Gasteiger charge is 2.31. The fourth-order valence-corrected chi connectivity index (χ4v) is 2.26. The summed E-state index contributed by atoms with van der Waals surface area (Å²) in [5, 5.41) is 1.94. The molecule has 0 spiro atoms. The maximum absolute atomic E-state index is 11.3. The van der Waals surface area contributed by atoms with E-state index in [1.807, 2.05) is 17.5 Å². The molecule has 0 aliphatic carbocycles.